The lowest BCUT2D eigenvalue weighted by atomic mass is 9.80. The number of hydrogen-bond acceptors (Lipinski definition) is 3. The van der Waals surface area contributed by atoms with Crippen LogP contribution < -0.4 is 10.9 Å². The van der Waals surface area contributed by atoms with Crippen molar-refractivity contribution in [2.75, 3.05) is 0 Å². The van der Waals surface area contributed by atoms with Gasteiger partial charge in [0.05, 0.1) is 16.6 Å². The molecular weight excluding hydrogens is 364 g/mol. The molecular formula is C23H20N4O2. The highest BCUT2D eigenvalue weighted by molar-refractivity contribution is 5.91. The average molecular weight is 384 g/mol. The van der Waals surface area contributed by atoms with Gasteiger partial charge in [0.2, 0.25) is 5.91 Å². The minimum Gasteiger partial charge on any atom is -0.356 e. The summed E-state index contributed by atoms with van der Waals surface area (Å²) in [5, 5.41) is 4.91. The summed E-state index contributed by atoms with van der Waals surface area (Å²) in [6, 6.07) is 14.9. The number of fused-ring (bicyclic) bond motifs is 3. The molecule has 0 saturated heterocycles. The van der Waals surface area contributed by atoms with Crippen molar-refractivity contribution >= 4 is 27.7 Å². The number of aromatic amines is 1. The molecule has 3 aliphatic heterocycles. The molecule has 2 aromatic carbocycles. The van der Waals surface area contributed by atoms with Crippen molar-refractivity contribution in [1.82, 2.24) is 19.9 Å². The van der Waals surface area contributed by atoms with Crippen LogP contribution in [0.15, 0.2) is 53.3 Å². The van der Waals surface area contributed by atoms with Crippen LogP contribution in [0.1, 0.15) is 37.0 Å². The maximum atomic E-state index is 13.5. The molecule has 2 aromatic heterocycles. The third-order valence-electron chi connectivity index (χ3n) is 6.57. The van der Waals surface area contributed by atoms with Crippen LogP contribution in [0.3, 0.4) is 0 Å². The van der Waals surface area contributed by atoms with Gasteiger partial charge in [-0.2, -0.15) is 0 Å². The molecule has 4 aromatic rings. The third kappa shape index (κ3) is 1.89. The molecule has 7 rings (SSSR count). The van der Waals surface area contributed by atoms with Crippen molar-refractivity contribution in [2.24, 2.45) is 5.92 Å². The van der Waals surface area contributed by atoms with Crippen molar-refractivity contribution < 1.29 is 4.79 Å². The van der Waals surface area contributed by atoms with Crippen molar-refractivity contribution in [1.29, 1.82) is 0 Å². The first-order valence-corrected chi connectivity index (χ1v) is 9.96. The first-order valence-electron chi connectivity index (χ1n) is 9.96. The van der Waals surface area contributed by atoms with Gasteiger partial charge in [0.25, 0.3) is 5.56 Å². The number of hydrogen-bond donors (Lipinski definition) is 2. The van der Waals surface area contributed by atoms with Crippen LogP contribution in [-0.4, -0.2) is 20.4 Å². The molecule has 0 spiro atoms. The van der Waals surface area contributed by atoms with Gasteiger partial charge in [-0.25, -0.2) is 4.98 Å². The zero-order valence-corrected chi connectivity index (χ0v) is 16.2. The summed E-state index contributed by atoms with van der Waals surface area (Å²) in [6.45, 7) is 4.12. The molecule has 2 atom stereocenters. The van der Waals surface area contributed by atoms with Crippen molar-refractivity contribution in [3.05, 3.63) is 76.0 Å². The van der Waals surface area contributed by atoms with E-state index in [0.29, 0.717) is 23.1 Å². The van der Waals surface area contributed by atoms with Crippen LogP contribution in [0.25, 0.3) is 21.8 Å². The summed E-state index contributed by atoms with van der Waals surface area (Å²) in [5.74, 6) is 0.474. The lowest BCUT2D eigenvalue weighted by Gasteiger charge is -2.42. The SMILES string of the molecule is CC(C)[C@]12NC(=O)[C@H](Cc3c1[nH]c1ccccc31)n1c2nc2ccccc2c1=O. The number of benzene rings is 2. The van der Waals surface area contributed by atoms with Crippen molar-refractivity contribution in [2.45, 2.75) is 31.8 Å². The van der Waals surface area contributed by atoms with E-state index in [9.17, 15) is 9.59 Å². The largest absolute Gasteiger partial charge is 0.356 e. The van der Waals surface area contributed by atoms with Gasteiger partial charge in [0.15, 0.2) is 0 Å². The second kappa shape index (κ2) is 5.35. The molecule has 0 radical (unpaired) electrons. The fourth-order valence-corrected chi connectivity index (χ4v) is 5.16. The standard InChI is InChI=1S/C23H20N4O2/c1-12(2)23-19-15(13-7-3-5-9-16(13)24-19)11-18(20(28)26-23)27-21(29)14-8-4-6-10-17(14)25-22(23)27/h3-10,12,18,24H,11H2,1-2H3,(H,26,28)/t18-,23-/m0/s1. The summed E-state index contributed by atoms with van der Waals surface area (Å²) >= 11 is 0. The topological polar surface area (TPSA) is 79.8 Å². The summed E-state index contributed by atoms with van der Waals surface area (Å²) in [7, 11) is 0. The second-order valence-corrected chi connectivity index (χ2v) is 8.32. The Bertz CT molecular complexity index is 1400. The van der Waals surface area contributed by atoms with E-state index in [4.69, 9.17) is 4.98 Å². The molecule has 5 heterocycles. The van der Waals surface area contributed by atoms with Gasteiger partial charge in [-0.3, -0.25) is 14.2 Å². The molecule has 0 fully saturated rings. The van der Waals surface area contributed by atoms with Crippen molar-refractivity contribution in [3.8, 4) is 0 Å². The quantitative estimate of drug-likeness (QED) is 0.529. The number of amides is 1. The number of nitrogens with one attached hydrogen (secondary N) is 2. The fraction of sp³-hybridized carbons (Fsp3) is 0.261. The van der Waals surface area contributed by atoms with Gasteiger partial charge in [-0.05, 0) is 29.7 Å². The summed E-state index contributed by atoms with van der Waals surface area (Å²) in [4.78, 5) is 35.2. The van der Waals surface area contributed by atoms with E-state index in [0.717, 1.165) is 22.2 Å². The van der Waals surface area contributed by atoms with E-state index in [2.05, 4.69) is 30.2 Å². The van der Waals surface area contributed by atoms with Crippen molar-refractivity contribution in [3.63, 3.8) is 0 Å². The number of H-pyrrole nitrogens is 1. The zero-order valence-electron chi connectivity index (χ0n) is 16.2. The number of aromatic nitrogens is 3. The number of nitrogens with zero attached hydrogens (tertiary/aromatic N) is 2. The Morgan fingerprint density at radius 2 is 1.79 bits per heavy atom. The van der Waals surface area contributed by atoms with E-state index in [1.807, 2.05) is 36.4 Å². The molecule has 0 unspecified atom stereocenters. The maximum absolute atomic E-state index is 13.5. The van der Waals surface area contributed by atoms with Gasteiger partial charge >= 0.3 is 0 Å². The Labute approximate surface area is 166 Å². The van der Waals surface area contributed by atoms with E-state index < -0.39 is 11.6 Å². The summed E-state index contributed by atoms with van der Waals surface area (Å²) < 4.78 is 1.64. The molecule has 0 saturated carbocycles. The van der Waals surface area contributed by atoms with Gasteiger partial charge in [-0.15, -0.1) is 0 Å². The highest BCUT2D eigenvalue weighted by atomic mass is 16.2. The molecule has 3 aliphatic rings. The van der Waals surface area contributed by atoms with Crippen LogP contribution >= 0.6 is 0 Å². The predicted molar refractivity (Wildman–Crippen MR) is 111 cm³/mol. The summed E-state index contributed by atoms with van der Waals surface area (Å²) in [5.41, 5.74) is 2.69. The Kier molecular flexibility index (Phi) is 3.05. The molecule has 144 valence electrons. The van der Waals surface area contributed by atoms with Gasteiger partial charge < -0.3 is 10.3 Å². The molecule has 2 bridgehead atoms. The van der Waals surface area contributed by atoms with E-state index in [1.165, 1.54) is 0 Å². The molecule has 6 nitrogen and oxygen atoms in total. The van der Waals surface area contributed by atoms with E-state index >= 15 is 0 Å². The average Bonchev–Trinajstić information content (AvgIpc) is 2.97. The van der Waals surface area contributed by atoms with Gasteiger partial charge in [0, 0.05) is 17.3 Å². The smallest absolute Gasteiger partial charge is 0.262 e. The van der Waals surface area contributed by atoms with Crippen LogP contribution in [-0.2, 0) is 16.8 Å². The number of rotatable bonds is 1. The van der Waals surface area contributed by atoms with Crippen LogP contribution in [0, 0.1) is 5.92 Å². The highest BCUT2D eigenvalue weighted by Crippen LogP contribution is 2.47. The van der Waals surface area contributed by atoms with Gasteiger partial charge in [-0.1, -0.05) is 44.2 Å². The minimum absolute atomic E-state index is 0.0170. The summed E-state index contributed by atoms with van der Waals surface area (Å²) in [6.07, 6.45) is 0.465. The van der Waals surface area contributed by atoms with Crippen LogP contribution in [0.4, 0.5) is 0 Å². The Balaban J connectivity index is 1.82. The third-order valence-corrected chi connectivity index (χ3v) is 6.57. The lowest BCUT2D eigenvalue weighted by Crippen LogP contribution is -2.59. The van der Waals surface area contributed by atoms with E-state index in [1.54, 1.807) is 10.6 Å². The molecule has 29 heavy (non-hydrogen) atoms. The number of carbonyl (C=O) groups excluding carboxylic acids is 1. The highest BCUT2D eigenvalue weighted by Gasteiger charge is 2.54. The number of para-hydroxylation sites is 2. The molecule has 2 N–H and O–H groups in total. The predicted octanol–water partition coefficient (Wildman–Crippen LogP) is 3.00. The lowest BCUT2D eigenvalue weighted by molar-refractivity contribution is -0.128. The minimum atomic E-state index is -0.887. The maximum Gasteiger partial charge on any atom is 0.262 e. The van der Waals surface area contributed by atoms with E-state index in [-0.39, 0.29) is 17.4 Å². The Morgan fingerprint density at radius 3 is 2.59 bits per heavy atom. The van der Waals surface area contributed by atoms with Crippen LogP contribution in [0.5, 0.6) is 0 Å². The molecule has 1 amide bonds. The molecule has 6 heteroatoms. The molecule has 0 aliphatic carbocycles. The second-order valence-electron chi connectivity index (χ2n) is 8.32. The zero-order chi connectivity index (χ0) is 19.9. The fourth-order valence-electron chi connectivity index (χ4n) is 5.16. The first kappa shape index (κ1) is 16.5. The Hall–Kier alpha value is -3.41. The van der Waals surface area contributed by atoms with Gasteiger partial charge in [0.1, 0.15) is 17.4 Å². The normalized spacial score (nSPS) is 22.6. The van der Waals surface area contributed by atoms with Crippen LogP contribution in [0.2, 0.25) is 0 Å². The monoisotopic (exact) mass is 384 g/mol. The Morgan fingerprint density at radius 1 is 1.07 bits per heavy atom. The number of carbonyl (C=O) groups is 1. The first-order chi connectivity index (χ1) is 14.0.